The van der Waals surface area contributed by atoms with Crippen LogP contribution in [0.5, 0.6) is 0 Å². The topological polar surface area (TPSA) is 75.6 Å². The highest BCUT2D eigenvalue weighted by Gasteiger charge is 2.07. The number of ether oxygens (including phenoxy) is 1. The lowest BCUT2D eigenvalue weighted by atomic mass is 10.1. The summed E-state index contributed by atoms with van der Waals surface area (Å²) in [5.41, 5.74) is 2.69. The number of carbonyl (C=O) groups is 1. The Morgan fingerprint density at radius 3 is 2.38 bits per heavy atom. The van der Waals surface area contributed by atoms with Crippen LogP contribution in [0, 0.1) is 13.8 Å². The smallest absolute Gasteiger partial charge is 0.338 e. The quantitative estimate of drug-likeness (QED) is 0.282. The van der Waals surface area contributed by atoms with Gasteiger partial charge in [0.1, 0.15) is 5.01 Å². The summed E-state index contributed by atoms with van der Waals surface area (Å²) in [6.45, 7) is 7.51. The van der Waals surface area contributed by atoms with E-state index in [-0.39, 0.29) is 29.9 Å². The third-order valence-electron chi connectivity index (χ3n) is 3.63. The average Bonchev–Trinajstić information content (AvgIpc) is 2.93. The molecule has 0 saturated heterocycles. The molecule has 1 aromatic carbocycles. The van der Waals surface area contributed by atoms with E-state index in [1.54, 1.807) is 37.4 Å². The molecule has 8 heteroatoms. The Morgan fingerprint density at radius 1 is 1.19 bits per heavy atom. The summed E-state index contributed by atoms with van der Waals surface area (Å²) in [6.07, 6.45) is 0. The Morgan fingerprint density at radius 2 is 1.85 bits per heavy atom. The fourth-order valence-corrected chi connectivity index (χ4v) is 3.03. The van der Waals surface area contributed by atoms with Crippen LogP contribution in [0.15, 0.2) is 29.3 Å². The van der Waals surface area contributed by atoms with Crippen molar-refractivity contribution in [3.63, 3.8) is 0 Å². The maximum Gasteiger partial charge on any atom is 0.338 e. The molecule has 0 unspecified atom stereocenters. The number of carbonyl (C=O) groups excluding carboxylic acids is 1. The standard InChI is InChI=1S/C18H24N4O2S.HI/c1-5-24-17(23)15-8-6-14(7-9-15)10-20-18(19-4)21-11-16-22-12(2)13(3)25-16;/h6-9H,5,10-11H2,1-4H3,(H2,19,20,21);1H. The molecule has 26 heavy (non-hydrogen) atoms. The van der Waals surface area contributed by atoms with Crippen LogP contribution in [-0.2, 0) is 17.8 Å². The van der Waals surface area contributed by atoms with Crippen molar-refractivity contribution < 1.29 is 9.53 Å². The third-order valence-corrected chi connectivity index (χ3v) is 4.70. The molecule has 6 nitrogen and oxygen atoms in total. The summed E-state index contributed by atoms with van der Waals surface area (Å²) >= 11 is 1.69. The van der Waals surface area contributed by atoms with E-state index in [0.717, 1.165) is 16.3 Å². The number of hydrogen-bond acceptors (Lipinski definition) is 5. The van der Waals surface area contributed by atoms with Crippen LogP contribution in [0.2, 0.25) is 0 Å². The second-order valence-corrected chi connectivity index (χ2v) is 6.73. The average molecular weight is 488 g/mol. The van der Waals surface area contributed by atoms with Crippen molar-refractivity contribution in [1.29, 1.82) is 0 Å². The SMILES string of the molecule is CCOC(=O)c1ccc(CNC(=NC)NCc2nc(C)c(C)s2)cc1.I. The van der Waals surface area contributed by atoms with Crippen LogP contribution >= 0.6 is 35.3 Å². The second-order valence-electron chi connectivity index (χ2n) is 5.45. The van der Waals surface area contributed by atoms with E-state index >= 15 is 0 Å². The molecule has 0 aliphatic heterocycles. The number of aliphatic imine (C=N–C) groups is 1. The number of esters is 1. The first-order valence-corrected chi connectivity index (χ1v) is 8.98. The highest BCUT2D eigenvalue weighted by Crippen LogP contribution is 2.15. The van der Waals surface area contributed by atoms with Gasteiger partial charge in [-0.25, -0.2) is 9.78 Å². The van der Waals surface area contributed by atoms with Gasteiger partial charge in [-0.15, -0.1) is 35.3 Å². The van der Waals surface area contributed by atoms with Crippen LogP contribution in [0.1, 0.15) is 38.4 Å². The zero-order valence-corrected chi connectivity index (χ0v) is 18.6. The highest BCUT2D eigenvalue weighted by molar-refractivity contribution is 14.0. The number of aryl methyl sites for hydroxylation is 2. The van der Waals surface area contributed by atoms with E-state index in [1.807, 2.05) is 19.1 Å². The van der Waals surface area contributed by atoms with Gasteiger partial charge in [0.05, 0.1) is 24.4 Å². The van der Waals surface area contributed by atoms with Gasteiger partial charge in [-0.2, -0.15) is 0 Å². The number of rotatable bonds is 6. The minimum atomic E-state index is -0.298. The Hall–Kier alpha value is -1.68. The van der Waals surface area contributed by atoms with E-state index in [4.69, 9.17) is 4.74 Å². The number of aromatic nitrogens is 1. The molecule has 0 atom stereocenters. The minimum Gasteiger partial charge on any atom is -0.462 e. The van der Waals surface area contributed by atoms with Crippen molar-refractivity contribution >= 4 is 47.2 Å². The lowest BCUT2D eigenvalue weighted by Crippen LogP contribution is -2.36. The molecule has 142 valence electrons. The van der Waals surface area contributed by atoms with Crippen LogP contribution in [0.4, 0.5) is 0 Å². The van der Waals surface area contributed by atoms with E-state index in [2.05, 4.69) is 27.5 Å². The van der Waals surface area contributed by atoms with Crippen molar-refractivity contribution in [2.75, 3.05) is 13.7 Å². The maximum atomic E-state index is 11.6. The van der Waals surface area contributed by atoms with Gasteiger partial charge >= 0.3 is 5.97 Å². The Balaban J connectivity index is 0.00000338. The maximum absolute atomic E-state index is 11.6. The minimum absolute atomic E-state index is 0. The molecule has 2 N–H and O–H groups in total. The molecule has 2 aromatic rings. The number of guanidine groups is 1. The van der Waals surface area contributed by atoms with Crippen molar-refractivity contribution in [1.82, 2.24) is 15.6 Å². The number of thiazole rings is 1. The molecule has 0 bridgehead atoms. The molecule has 0 aliphatic carbocycles. The number of benzene rings is 1. The predicted octanol–water partition coefficient (Wildman–Crippen LogP) is 3.42. The summed E-state index contributed by atoms with van der Waals surface area (Å²) in [5, 5.41) is 7.54. The van der Waals surface area contributed by atoms with E-state index < -0.39 is 0 Å². The summed E-state index contributed by atoms with van der Waals surface area (Å²) in [4.78, 5) is 21.6. The van der Waals surface area contributed by atoms with Gasteiger partial charge in [-0.05, 0) is 38.5 Å². The van der Waals surface area contributed by atoms with Gasteiger partial charge in [-0.1, -0.05) is 12.1 Å². The third kappa shape index (κ3) is 6.56. The van der Waals surface area contributed by atoms with Crippen LogP contribution in [0.25, 0.3) is 0 Å². The zero-order valence-electron chi connectivity index (χ0n) is 15.5. The molecule has 2 rings (SSSR count). The summed E-state index contributed by atoms with van der Waals surface area (Å²) < 4.78 is 4.98. The van der Waals surface area contributed by atoms with Crippen LogP contribution in [-0.4, -0.2) is 30.6 Å². The highest BCUT2D eigenvalue weighted by atomic mass is 127. The molecule has 0 aliphatic rings. The first-order chi connectivity index (χ1) is 12.0. The summed E-state index contributed by atoms with van der Waals surface area (Å²) in [5.74, 6) is 0.411. The molecule has 0 spiro atoms. The fraction of sp³-hybridized carbons (Fsp3) is 0.389. The van der Waals surface area contributed by atoms with Crippen molar-refractivity contribution in [3.05, 3.63) is 51.0 Å². The van der Waals surface area contributed by atoms with E-state index in [9.17, 15) is 4.79 Å². The fourth-order valence-electron chi connectivity index (χ4n) is 2.15. The normalized spacial score (nSPS) is 10.8. The molecule has 0 fully saturated rings. The van der Waals surface area contributed by atoms with Gasteiger partial charge in [0.2, 0.25) is 0 Å². The Labute approximate surface area is 175 Å². The second kappa shape index (κ2) is 11.1. The van der Waals surface area contributed by atoms with Crippen molar-refractivity contribution in [2.45, 2.75) is 33.9 Å². The molecule has 0 radical (unpaired) electrons. The van der Waals surface area contributed by atoms with Crippen LogP contribution < -0.4 is 10.6 Å². The van der Waals surface area contributed by atoms with Gasteiger partial charge in [0.15, 0.2) is 5.96 Å². The van der Waals surface area contributed by atoms with Crippen molar-refractivity contribution in [3.8, 4) is 0 Å². The van der Waals surface area contributed by atoms with E-state index in [1.165, 1.54) is 4.88 Å². The Kier molecular flexibility index (Phi) is 9.57. The van der Waals surface area contributed by atoms with Gasteiger partial charge < -0.3 is 15.4 Å². The molecule has 1 aromatic heterocycles. The number of halogens is 1. The number of nitrogens with zero attached hydrogens (tertiary/aromatic N) is 2. The molecule has 1 heterocycles. The number of hydrogen-bond donors (Lipinski definition) is 2. The Bertz CT molecular complexity index is 725. The first kappa shape index (κ1) is 22.4. The lowest BCUT2D eigenvalue weighted by molar-refractivity contribution is 0.0526. The lowest BCUT2D eigenvalue weighted by Gasteiger charge is -2.11. The van der Waals surface area contributed by atoms with Gasteiger partial charge in [0, 0.05) is 18.5 Å². The first-order valence-electron chi connectivity index (χ1n) is 8.17. The van der Waals surface area contributed by atoms with Crippen molar-refractivity contribution in [2.24, 2.45) is 4.99 Å². The van der Waals surface area contributed by atoms with Crippen LogP contribution in [0.3, 0.4) is 0 Å². The summed E-state index contributed by atoms with van der Waals surface area (Å²) in [6, 6.07) is 7.35. The molecular formula is C18H25IN4O2S. The van der Waals surface area contributed by atoms with Gasteiger partial charge in [-0.3, -0.25) is 4.99 Å². The van der Waals surface area contributed by atoms with Gasteiger partial charge in [0.25, 0.3) is 0 Å². The molecule has 0 amide bonds. The zero-order chi connectivity index (χ0) is 18.2. The molecule has 0 saturated carbocycles. The summed E-state index contributed by atoms with van der Waals surface area (Å²) in [7, 11) is 1.73. The number of nitrogens with one attached hydrogen (secondary N) is 2. The monoisotopic (exact) mass is 488 g/mol. The largest absolute Gasteiger partial charge is 0.462 e. The predicted molar refractivity (Wildman–Crippen MR) is 116 cm³/mol. The van der Waals surface area contributed by atoms with E-state index in [0.29, 0.717) is 31.2 Å². The molecular weight excluding hydrogens is 463 g/mol.